The molecular formula is C15H21N3O3S2. The van der Waals surface area contributed by atoms with E-state index in [0.717, 1.165) is 36.5 Å². The first kappa shape index (κ1) is 16.9. The van der Waals surface area contributed by atoms with Crippen LogP contribution in [0.15, 0.2) is 14.8 Å². The van der Waals surface area contributed by atoms with Crippen molar-refractivity contribution < 1.29 is 9.53 Å². The molecule has 8 heteroatoms. The molecule has 23 heavy (non-hydrogen) atoms. The fraction of sp³-hybridized carbons (Fsp3) is 0.667. The van der Waals surface area contributed by atoms with Gasteiger partial charge in [-0.2, -0.15) is 0 Å². The average Bonchev–Trinajstić information content (AvgIpc) is 3.16. The lowest BCUT2D eigenvalue weighted by Crippen LogP contribution is -2.33. The number of nitrogens with zero attached hydrogens (tertiary/aromatic N) is 2. The number of hydrogen-bond acceptors (Lipinski definition) is 6. The Morgan fingerprint density at radius 1 is 1.57 bits per heavy atom. The van der Waals surface area contributed by atoms with E-state index < -0.39 is 0 Å². The van der Waals surface area contributed by atoms with Crippen LogP contribution in [-0.2, 0) is 23.0 Å². The summed E-state index contributed by atoms with van der Waals surface area (Å²) < 4.78 is 7.02. The largest absolute Gasteiger partial charge is 0.376 e. The molecule has 1 amide bonds. The molecule has 2 atom stereocenters. The standard InChI is InChI=1S/C15H21N3O3S2/c1-9-6-11-13(23-9)14(20)18(2)15(17-11)22-8-12(19)16-7-10-4-3-5-21-10/h9-10H,3-8H2,1-2H3,(H,16,19)/t9-,10+/m0/s1. The van der Waals surface area contributed by atoms with Crippen LogP contribution in [0.2, 0.25) is 0 Å². The van der Waals surface area contributed by atoms with E-state index in [-0.39, 0.29) is 23.3 Å². The zero-order valence-corrected chi connectivity index (χ0v) is 15.0. The number of nitrogens with one attached hydrogen (secondary N) is 1. The Morgan fingerprint density at radius 3 is 3.13 bits per heavy atom. The molecule has 0 aromatic carbocycles. The Labute approximate surface area is 143 Å². The Balaban J connectivity index is 1.58. The van der Waals surface area contributed by atoms with Gasteiger partial charge in [0.05, 0.1) is 22.4 Å². The van der Waals surface area contributed by atoms with Crippen molar-refractivity contribution >= 4 is 29.4 Å². The van der Waals surface area contributed by atoms with E-state index in [9.17, 15) is 9.59 Å². The number of aromatic nitrogens is 2. The number of amides is 1. The number of rotatable bonds is 5. The van der Waals surface area contributed by atoms with Crippen LogP contribution < -0.4 is 10.9 Å². The van der Waals surface area contributed by atoms with Gasteiger partial charge in [-0.3, -0.25) is 14.2 Å². The molecule has 0 saturated carbocycles. The molecule has 0 spiro atoms. The predicted molar refractivity (Wildman–Crippen MR) is 91.2 cm³/mol. The van der Waals surface area contributed by atoms with E-state index in [1.807, 2.05) is 0 Å². The maximum Gasteiger partial charge on any atom is 0.267 e. The predicted octanol–water partition coefficient (Wildman–Crippen LogP) is 1.20. The van der Waals surface area contributed by atoms with Crippen molar-refractivity contribution in [2.24, 2.45) is 7.05 Å². The first-order valence-corrected chi connectivity index (χ1v) is 9.68. The van der Waals surface area contributed by atoms with Gasteiger partial charge in [0.25, 0.3) is 5.56 Å². The fourth-order valence-corrected chi connectivity index (χ4v) is 4.68. The van der Waals surface area contributed by atoms with Gasteiger partial charge in [0.1, 0.15) is 0 Å². The molecule has 0 unspecified atom stereocenters. The van der Waals surface area contributed by atoms with Crippen LogP contribution >= 0.6 is 23.5 Å². The highest BCUT2D eigenvalue weighted by atomic mass is 32.2. The molecule has 0 bridgehead atoms. The molecule has 2 aliphatic rings. The molecule has 126 valence electrons. The topological polar surface area (TPSA) is 73.2 Å². The second kappa shape index (κ2) is 7.27. The summed E-state index contributed by atoms with van der Waals surface area (Å²) in [5, 5.41) is 3.88. The van der Waals surface area contributed by atoms with Crippen LogP contribution in [0.1, 0.15) is 25.5 Å². The van der Waals surface area contributed by atoms with Crippen molar-refractivity contribution in [1.29, 1.82) is 0 Å². The molecule has 1 aromatic heterocycles. The molecular weight excluding hydrogens is 334 g/mol. The molecule has 0 aliphatic carbocycles. The van der Waals surface area contributed by atoms with E-state index in [4.69, 9.17) is 4.74 Å². The Hall–Kier alpha value is -0.990. The van der Waals surface area contributed by atoms with E-state index in [2.05, 4.69) is 17.2 Å². The van der Waals surface area contributed by atoms with Crippen LogP contribution in [0.25, 0.3) is 0 Å². The monoisotopic (exact) mass is 355 g/mol. The SMILES string of the molecule is C[C@H]1Cc2nc(SCC(=O)NC[C@H]3CCCO3)n(C)c(=O)c2S1. The minimum Gasteiger partial charge on any atom is -0.376 e. The van der Waals surface area contributed by atoms with Crippen LogP contribution in [0.4, 0.5) is 0 Å². The molecule has 1 fully saturated rings. The quantitative estimate of drug-likeness (QED) is 0.632. The summed E-state index contributed by atoms with van der Waals surface area (Å²) >= 11 is 2.90. The normalized spacial score (nSPS) is 23.0. The summed E-state index contributed by atoms with van der Waals surface area (Å²) in [6.07, 6.45) is 3.02. The van der Waals surface area contributed by atoms with E-state index >= 15 is 0 Å². The number of hydrogen-bond donors (Lipinski definition) is 1. The van der Waals surface area contributed by atoms with Gasteiger partial charge >= 0.3 is 0 Å². The van der Waals surface area contributed by atoms with Crippen LogP contribution in [-0.4, -0.2) is 45.7 Å². The first-order chi connectivity index (χ1) is 11.0. The second-order valence-electron chi connectivity index (χ2n) is 5.89. The van der Waals surface area contributed by atoms with Crippen LogP contribution in [0.3, 0.4) is 0 Å². The number of ether oxygens (including phenoxy) is 1. The van der Waals surface area contributed by atoms with Crippen LogP contribution in [0, 0.1) is 0 Å². The molecule has 1 aromatic rings. The Kier molecular flexibility index (Phi) is 5.33. The molecule has 2 aliphatic heterocycles. The molecule has 1 N–H and O–H groups in total. The van der Waals surface area contributed by atoms with Gasteiger partial charge in [0, 0.05) is 31.9 Å². The highest BCUT2D eigenvalue weighted by Crippen LogP contribution is 2.33. The Bertz CT molecular complexity index is 656. The molecule has 1 saturated heterocycles. The van der Waals surface area contributed by atoms with Crippen LogP contribution in [0.5, 0.6) is 0 Å². The maximum atomic E-state index is 12.3. The fourth-order valence-electron chi connectivity index (χ4n) is 2.72. The van der Waals surface area contributed by atoms with E-state index in [0.29, 0.717) is 17.0 Å². The van der Waals surface area contributed by atoms with Crippen molar-refractivity contribution in [2.45, 2.75) is 47.6 Å². The summed E-state index contributed by atoms with van der Waals surface area (Å²) in [6.45, 7) is 3.44. The van der Waals surface area contributed by atoms with E-state index in [1.54, 1.807) is 23.4 Å². The third-order valence-electron chi connectivity index (χ3n) is 3.96. The molecule has 6 nitrogen and oxygen atoms in total. The van der Waals surface area contributed by atoms with Crippen molar-refractivity contribution in [3.8, 4) is 0 Å². The van der Waals surface area contributed by atoms with E-state index in [1.165, 1.54) is 11.8 Å². The third-order valence-corrected chi connectivity index (χ3v) is 6.21. The molecule has 3 rings (SSSR count). The highest BCUT2D eigenvalue weighted by Gasteiger charge is 2.25. The van der Waals surface area contributed by atoms with Gasteiger partial charge in [0.15, 0.2) is 5.16 Å². The Morgan fingerprint density at radius 2 is 2.39 bits per heavy atom. The van der Waals surface area contributed by atoms with Crippen molar-refractivity contribution in [3.05, 3.63) is 16.0 Å². The minimum absolute atomic E-state index is 0.00777. The summed E-state index contributed by atoms with van der Waals surface area (Å²) in [5.41, 5.74) is 0.861. The number of fused-ring (bicyclic) bond motifs is 1. The smallest absolute Gasteiger partial charge is 0.267 e. The van der Waals surface area contributed by atoms with Crippen molar-refractivity contribution in [3.63, 3.8) is 0 Å². The lowest BCUT2D eigenvalue weighted by Gasteiger charge is -2.11. The molecule has 0 radical (unpaired) electrons. The molecule has 3 heterocycles. The minimum atomic E-state index is -0.0528. The zero-order chi connectivity index (χ0) is 16.4. The number of thioether (sulfide) groups is 2. The highest BCUT2D eigenvalue weighted by molar-refractivity contribution is 8.00. The van der Waals surface area contributed by atoms with Gasteiger partial charge < -0.3 is 10.1 Å². The van der Waals surface area contributed by atoms with Crippen molar-refractivity contribution in [1.82, 2.24) is 14.9 Å². The average molecular weight is 355 g/mol. The summed E-state index contributed by atoms with van der Waals surface area (Å²) in [6, 6.07) is 0. The zero-order valence-electron chi connectivity index (χ0n) is 13.3. The first-order valence-electron chi connectivity index (χ1n) is 7.82. The maximum absolute atomic E-state index is 12.3. The summed E-state index contributed by atoms with van der Waals surface area (Å²) in [5.74, 6) is 0.206. The summed E-state index contributed by atoms with van der Waals surface area (Å²) in [4.78, 5) is 29.6. The van der Waals surface area contributed by atoms with Gasteiger partial charge in [-0.25, -0.2) is 4.98 Å². The lowest BCUT2D eigenvalue weighted by atomic mass is 10.2. The second-order valence-corrected chi connectivity index (χ2v) is 8.29. The van der Waals surface area contributed by atoms with Gasteiger partial charge in [-0.05, 0) is 12.8 Å². The number of carbonyl (C=O) groups excluding carboxylic acids is 1. The summed E-state index contributed by atoms with van der Waals surface area (Å²) in [7, 11) is 1.71. The number of carbonyl (C=O) groups is 1. The van der Waals surface area contributed by atoms with Gasteiger partial charge in [0.2, 0.25) is 5.91 Å². The van der Waals surface area contributed by atoms with Gasteiger partial charge in [-0.15, -0.1) is 11.8 Å². The van der Waals surface area contributed by atoms with Gasteiger partial charge in [-0.1, -0.05) is 18.7 Å². The van der Waals surface area contributed by atoms with Crippen molar-refractivity contribution in [2.75, 3.05) is 18.9 Å². The lowest BCUT2D eigenvalue weighted by molar-refractivity contribution is -0.119. The third kappa shape index (κ3) is 3.92.